The quantitative estimate of drug-likeness (QED) is 0.845. The molecule has 120 valence electrons. The van der Waals surface area contributed by atoms with Gasteiger partial charge in [0.05, 0.1) is 19.9 Å². The summed E-state index contributed by atoms with van der Waals surface area (Å²) >= 11 is 0. The second kappa shape index (κ2) is 6.97. The van der Waals surface area contributed by atoms with Crippen molar-refractivity contribution in [3.63, 3.8) is 0 Å². The van der Waals surface area contributed by atoms with E-state index in [4.69, 9.17) is 9.47 Å². The minimum Gasteiger partial charge on any atom is -0.497 e. The number of nitriles is 1. The van der Waals surface area contributed by atoms with Gasteiger partial charge in [-0.25, -0.2) is 0 Å². The van der Waals surface area contributed by atoms with E-state index >= 15 is 0 Å². The second-order valence-electron chi connectivity index (χ2n) is 5.25. The minimum absolute atomic E-state index is 0.520. The van der Waals surface area contributed by atoms with E-state index in [0.29, 0.717) is 17.9 Å². The zero-order chi connectivity index (χ0) is 17.0. The van der Waals surface area contributed by atoms with Crippen LogP contribution in [0, 0.1) is 25.2 Å². The van der Waals surface area contributed by atoms with Crippen molar-refractivity contribution in [1.29, 1.82) is 5.26 Å². The smallest absolute Gasteiger partial charge is 0.169 e. The van der Waals surface area contributed by atoms with E-state index in [1.807, 2.05) is 44.0 Å². The highest BCUT2D eigenvalue weighted by Crippen LogP contribution is 2.27. The van der Waals surface area contributed by atoms with Gasteiger partial charge in [-0.1, -0.05) is 0 Å². The van der Waals surface area contributed by atoms with Gasteiger partial charge in [0, 0.05) is 19.2 Å². The third-order valence-electron chi connectivity index (χ3n) is 3.80. The van der Waals surface area contributed by atoms with Crippen LogP contribution in [-0.2, 0) is 6.54 Å². The van der Waals surface area contributed by atoms with Crippen LogP contribution in [0.3, 0.4) is 0 Å². The fourth-order valence-electron chi connectivity index (χ4n) is 2.33. The monoisotopic (exact) mass is 312 g/mol. The first-order valence-electron chi connectivity index (χ1n) is 7.17. The highest BCUT2D eigenvalue weighted by molar-refractivity contribution is 5.57. The zero-order valence-electron chi connectivity index (χ0n) is 14.0. The van der Waals surface area contributed by atoms with Crippen molar-refractivity contribution in [3.05, 3.63) is 40.6 Å². The van der Waals surface area contributed by atoms with Gasteiger partial charge in [0.2, 0.25) is 0 Å². The highest BCUT2D eigenvalue weighted by atomic mass is 16.5. The van der Waals surface area contributed by atoms with Crippen LogP contribution < -0.4 is 14.4 Å². The lowest BCUT2D eigenvalue weighted by Gasteiger charge is -2.21. The summed E-state index contributed by atoms with van der Waals surface area (Å²) in [6, 6.07) is 7.84. The maximum Gasteiger partial charge on any atom is 0.169 e. The molecule has 0 spiro atoms. The average Bonchev–Trinajstić information content (AvgIpc) is 2.56. The van der Waals surface area contributed by atoms with Crippen LogP contribution in [0.4, 0.5) is 5.82 Å². The van der Waals surface area contributed by atoms with Gasteiger partial charge < -0.3 is 14.4 Å². The molecule has 0 aliphatic rings. The van der Waals surface area contributed by atoms with E-state index in [2.05, 4.69) is 16.3 Å². The highest BCUT2D eigenvalue weighted by Gasteiger charge is 2.16. The molecular formula is C17H20N4O2. The molecule has 2 rings (SSSR count). The molecule has 0 bridgehead atoms. The lowest BCUT2D eigenvalue weighted by atomic mass is 10.1. The molecule has 0 saturated carbocycles. The Bertz CT molecular complexity index is 753. The second-order valence-corrected chi connectivity index (χ2v) is 5.25. The predicted molar refractivity (Wildman–Crippen MR) is 87.9 cm³/mol. The summed E-state index contributed by atoms with van der Waals surface area (Å²) in [5.74, 6) is 2.06. The molecule has 6 nitrogen and oxygen atoms in total. The Labute approximate surface area is 136 Å². The maximum atomic E-state index is 9.43. The molecule has 0 aliphatic heterocycles. The van der Waals surface area contributed by atoms with Gasteiger partial charge in [-0.3, -0.25) is 0 Å². The van der Waals surface area contributed by atoms with Crippen LogP contribution in [0.1, 0.15) is 22.4 Å². The van der Waals surface area contributed by atoms with Crippen molar-refractivity contribution in [2.45, 2.75) is 20.4 Å². The van der Waals surface area contributed by atoms with E-state index in [0.717, 1.165) is 28.3 Å². The van der Waals surface area contributed by atoms with E-state index in [9.17, 15) is 5.26 Å². The Balaban J connectivity index is 2.39. The number of rotatable bonds is 5. The summed E-state index contributed by atoms with van der Waals surface area (Å²) in [5, 5.41) is 17.7. The molecule has 0 saturated heterocycles. The average molecular weight is 312 g/mol. The van der Waals surface area contributed by atoms with E-state index in [1.165, 1.54) is 0 Å². The molecule has 1 aromatic carbocycles. The predicted octanol–water partition coefficient (Wildman–Crippen LogP) is 2.62. The third kappa shape index (κ3) is 3.34. The number of hydrogen-bond donors (Lipinski definition) is 0. The van der Waals surface area contributed by atoms with Crippen molar-refractivity contribution in [2.24, 2.45) is 0 Å². The van der Waals surface area contributed by atoms with Gasteiger partial charge >= 0.3 is 0 Å². The Morgan fingerprint density at radius 1 is 1.17 bits per heavy atom. The lowest BCUT2D eigenvalue weighted by molar-refractivity contribution is 0.398. The number of nitrogens with zero attached hydrogens (tertiary/aromatic N) is 4. The normalized spacial score (nSPS) is 10.1. The Morgan fingerprint density at radius 3 is 2.52 bits per heavy atom. The van der Waals surface area contributed by atoms with Gasteiger partial charge in [0.15, 0.2) is 5.82 Å². The third-order valence-corrected chi connectivity index (χ3v) is 3.80. The van der Waals surface area contributed by atoms with Crippen LogP contribution in [0.5, 0.6) is 11.5 Å². The molecule has 0 fully saturated rings. The topological polar surface area (TPSA) is 71.3 Å². The van der Waals surface area contributed by atoms with Gasteiger partial charge in [0.25, 0.3) is 0 Å². The Morgan fingerprint density at radius 2 is 1.91 bits per heavy atom. The van der Waals surface area contributed by atoms with Gasteiger partial charge in [-0.2, -0.15) is 10.4 Å². The van der Waals surface area contributed by atoms with Crippen LogP contribution in [0.15, 0.2) is 18.2 Å². The number of aryl methyl sites for hydroxylation is 1. The van der Waals surface area contributed by atoms with Crippen molar-refractivity contribution >= 4 is 5.82 Å². The molecule has 0 N–H and O–H groups in total. The summed E-state index contributed by atoms with van der Waals surface area (Å²) in [6.45, 7) is 4.25. The molecule has 2 aromatic rings. The van der Waals surface area contributed by atoms with Crippen molar-refractivity contribution < 1.29 is 9.47 Å². The number of aromatic nitrogens is 2. The Hall–Kier alpha value is -2.81. The van der Waals surface area contributed by atoms with Gasteiger partial charge in [0.1, 0.15) is 23.1 Å². The first-order valence-corrected chi connectivity index (χ1v) is 7.17. The molecule has 1 heterocycles. The molecule has 1 aromatic heterocycles. The summed E-state index contributed by atoms with van der Waals surface area (Å²) in [5.41, 5.74) is 3.10. The van der Waals surface area contributed by atoms with Crippen molar-refractivity contribution in [1.82, 2.24) is 10.2 Å². The number of hydrogen-bond acceptors (Lipinski definition) is 6. The largest absolute Gasteiger partial charge is 0.497 e. The fourth-order valence-corrected chi connectivity index (χ4v) is 2.33. The van der Waals surface area contributed by atoms with Crippen LogP contribution in [0.2, 0.25) is 0 Å². The maximum absolute atomic E-state index is 9.43. The number of benzene rings is 1. The molecule has 6 heteroatoms. The minimum atomic E-state index is 0.520. The summed E-state index contributed by atoms with van der Waals surface area (Å²) in [6.07, 6.45) is 0. The van der Waals surface area contributed by atoms with Crippen molar-refractivity contribution in [2.75, 3.05) is 26.2 Å². The summed E-state index contributed by atoms with van der Waals surface area (Å²) in [7, 11) is 5.12. The number of ether oxygens (including phenoxy) is 2. The molecule has 0 unspecified atom stereocenters. The zero-order valence-corrected chi connectivity index (χ0v) is 14.0. The number of anilines is 1. The molecule has 0 atom stereocenters. The van der Waals surface area contributed by atoms with Crippen LogP contribution >= 0.6 is 0 Å². The molecule has 0 amide bonds. The molecular weight excluding hydrogens is 292 g/mol. The SMILES string of the molecule is COc1ccc(OC)c(CN(C)c2nnc(C)c(C)c2C#N)c1. The summed E-state index contributed by atoms with van der Waals surface area (Å²) < 4.78 is 10.7. The van der Waals surface area contributed by atoms with Crippen LogP contribution in [-0.4, -0.2) is 31.5 Å². The molecule has 0 radical (unpaired) electrons. The summed E-state index contributed by atoms with van der Waals surface area (Å²) in [4.78, 5) is 1.88. The number of methoxy groups -OCH3 is 2. The first kappa shape index (κ1) is 16.6. The lowest BCUT2D eigenvalue weighted by Crippen LogP contribution is -2.21. The molecule has 0 aliphatic carbocycles. The van der Waals surface area contributed by atoms with E-state index in [-0.39, 0.29) is 0 Å². The molecule has 23 heavy (non-hydrogen) atoms. The van der Waals surface area contributed by atoms with E-state index < -0.39 is 0 Å². The van der Waals surface area contributed by atoms with Crippen LogP contribution in [0.25, 0.3) is 0 Å². The van der Waals surface area contributed by atoms with E-state index in [1.54, 1.807) is 14.2 Å². The Kier molecular flexibility index (Phi) is 5.02. The fraction of sp³-hybridized carbons (Fsp3) is 0.353. The first-order chi connectivity index (χ1) is 11.0. The van der Waals surface area contributed by atoms with Crippen molar-refractivity contribution in [3.8, 4) is 17.6 Å². The van der Waals surface area contributed by atoms with Gasteiger partial charge in [-0.05, 0) is 37.6 Å². The standard InChI is InChI=1S/C17H20N4O2/c1-11-12(2)19-20-17(15(11)9-18)21(3)10-13-8-14(22-4)6-7-16(13)23-5/h6-8H,10H2,1-5H3. The van der Waals surface area contributed by atoms with Gasteiger partial charge in [-0.15, -0.1) is 5.10 Å².